The standard InChI is InChI=1S/C14H26O3/c1-3-5-6-7-8-9-10-13(15)11-12-17-14(16)4-2/h4,13,15H,2-3,5-12H2,1H3. The molecule has 0 aromatic rings. The average Bonchev–Trinajstić information content (AvgIpc) is 2.33. The van der Waals surface area contributed by atoms with Crippen molar-refractivity contribution in [1.82, 2.24) is 0 Å². The number of carbonyl (C=O) groups excluding carboxylic acids is 1. The number of carbonyl (C=O) groups is 1. The monoisotopic (exact) mass is 242 g/mol. The lowest BCUT2D eigenvalue weighted by Crippen LogP contribution is -2.12. The minimum Gasteiger partial charge on any atom is -0.462 e. The fraction of sp³-hybridized carbons (Fsp3) is 0.786. The Morgan fingerprint density at radius 2 is 1.88 bits per heavy atom. The van der Waals surface area contributed by atoms with Crippen molar-refractivity contribution in [3.05, 3.63) is 12.7 Å². The van der Waals surface area contributed by atoms with E-state index in [1.54, 1.807) is 0 Å². The number of ether oxygens (including phenoxy) is 1. The Morgan fingerprint density at radius 3 is 2.53 bits per heavy atom. The summed E-state index contributed by atoms with van der Waals surface area (Å²) in [6, 6.07) is 0. The maximum absolute atomic E-state index is 10.7. The van der Waals surface area contributed by atoms with Crippen LogP contribution >= 0.6 is 0 Å². The van der Waals surface area contributed by atoms with Gasteiger partial charge >= 0.3 is 5.97 Å². The van der Waals surface area contributed by atoms with Crippen LogP contribution < -0.4 is 0 Å². The summed E-state index contributed by atoms with van der Waals surface area (Å²) >= 11 is 0. The van der Waals surface area contributed by atoms with Gasteiger partial charge in [0.25, 0.3) is 0 Å². The smallest absolute Gasteiger partial charge is 0.330 e. The Bertz CT molecular complexity index is 202. The first-order chi connectivity index (χ1) is 8.20. The Kier molecular flexibility index (Phi) is 11.1. The molecule has 1 N–H and O–H groups in total. The largest absolute Gasteiger partial charge is 0.462 e. The highest BCUT2D eigenvalue weighted by molar-refractivity contribution is 5.81. The lowest BCUT2D eigenvalue weighted by molar-refractivity contribution is -0.138. The quantitative estimate of drug-likeness (QED) is 0.344. The summed E-state index contributed by atoms with van der Waals surface area (Å²) in [5, 5.41) is 9.62. The van der Waals surface area contributed by atoms with E-state index in [4.69, 9.17) is 4.74 Å². The van der Waals surface area contributed by atoms with Crippen molar-refractivity contribution in [2.45, 2.75) is 64.4 Å². The van der Waals surface area contributed by atoms with Gasteiger partial charge in [-0.1, -0.05) is 52.0 Å². The number of aliphatic hydroxyl groups is 1. The Morgan fingerprint density at radius 1 is 1.24 bits per heavy atom. The van der Waals surface area contributed by atoms with Crippen LogP contribution in [0.5, 0.6) is 0 Å². The van der Waals surface area contributed by atoms with Gasteiger partial charge in [0.1, 0.15) is 0 Å². The van der Waals surface area contributed by atoms with Crippen molar-refractivity contribution < 1.29 is 14.6 Å². The fourth-order valence-electron chi connectivity index (χ4n) is 1.66. The van der Waals surface area contributed by atoms with Crippen molar-refractivity contribution in [2.24, 2.45) is 0 Å². The highest BCUT2D eigenvalue weighted by atomic mass is 16.5. The van der Waals surface area contributed by atoms with Gasteiger partial charge in [0.05, 0.1) is 12.7 Å². The highest BCUT2D eigenvalue weighted by Gasteiger charge is 2.05. The van der Waals surface area contributed by atoms with Crippen LogP contribution in [0.3, 0.4) is 0 Å². The van der Waals surface area contributed by atoms with Gasteiger partial charge in [0, 0.05) is 12.5 Å². The first kappa shape index (κ1) is 16.2. The maximum atomic E-state index is 10.7. The summed E-state index contributed by atoms with van der Waals surface area (Å²) in [5.41, 5.74) is 0. The molecule has 0 fully saturated rings. The molecule has 0 aromatic heterocycles. The van der Waals surface area contributed by atoms with Gasteiger partial charge in [0.2, 0.25) is 0 Å². The van der Waals surface area contributed by atoms with Crippen molar-refractivity contribution in [1.29, 1.82) is 0 Å². The summed E-state index contributed by atoms with van der Waals surface area (Å²) in [4.78, 5) is 10.7. The Labute approximate surface area is 105 Å². The van der Waals surface area contributed by atoms with Gasteiger partial charge < -0.3 is 9.84 Å². The fourth-order valence-corrected chi connectivity index (χ4v) is 1.66. The number of hydrogen-bond acceptors (Lipinski definition) is 3. The first-order valence-corrected chi connectivity index (χ1v) is 6.68. The minimum atomic E-state index is -0.420. The summed E-state index contributed by atoms with van der Waals surface area (Å²) in [7, 11) is 0. The maximum Gasteiger partial charge on any atom is 0.330 e. The van der Waals surface area contributed by atoms with E-state index < -0.39 is 5.97 Å². The summed E-state index contributed by atoms with van der Waals surface area (Å²) in [6.07, 6.45) is 9.47. The predicted molar refractivity (Wildman–Crippen MR) is 69.8 cm³/mol. The SMILES string of the molecule is C=CC(=O)OCCC(O)CCCCCCCC. The van der Waals surface area contributed by atoms with Gasteiger partial charge in [-0.3, -0.25) is 0 Å². The molecule has 0 saturated heterocycles. The van der Waals surface area contributed by atoms with E-state index in [-0.39, 0.29) is 12.7 Å². The van der Waals surface area contributed by atoms with E-state index in [0.29, 0.717) is 6.42 Å². The molecule has 17 heavy (non-hydrogen) atoms. The molecule has 0 amide bonds. The molecule has 3 nitrogen and oxygen atoms in total. The number of esters is 1. The molecule has 100 valence electrons. The predicted octanol–water partition coefficient (Wildman–Crippen LogP) is 3.22. The van der Waals surface area contributed by atoms with E-state index in [1.165, 1.54) is 32.1 Å². The Hall–Kier alpha value is -0.830. The van der Waals surface area contributed by atoms with Gasteiger partial charge in [-0.05, 0) is 6.42 Å². The lowest BCUT2D eigenvalue weighted by atomic mass is 10.1. The van der Waals surface area contributed by atoms with Crippen LogP contribution in [0, 0.1) is 0 Å². The molecule has 0 spiro atoms. The van der Waals surface area contributed by atoms with E-state index in [0.717, 1.165) is 18.9 Å². The van der Waals surface area contributed by atoms with Gasteiger partial charge in [0.15, 0.2) is 0 Å². The van der Waals surface area contributed by atoms with Crippen LogP contribution in [0.15, 0.2) is 12.7 Å². The molecule has 0 bridgehead atoms. The van der Waals surface area contributed by atoms with Crippen LogP contribution in [0.2, 0.25) is 0 Å². The topological polar surface area (TPSA) is 46.5 Å². The van der Waals surface area contributed by atoms with E-state index in [2.05, 4.69) is 13.5 Å². The molecule has 0 aromatic carbocycles. The van der Waals surface area contributed by atoms with Crippen LogP contribution in [0.1, 0.15) is 58.3 Å². The molecule has 0 radical (unpaired) electrons. The van der Waals surface area contributed by atoms with Crippen molar-refractivity contribution >= 4 is 5.97 Å². The number of rotatable bonds is 11. The number of unbranched alkanes of at least 4 members (excludes halogenated alkanes) is 5. The van der Waals surface area contributed by atoms with Crippen LogP contribution in [-0.2, 0) is 9.53 Å². The normalized spacial score (nSPS) is 12.1. The molecule has 3 heteroatoms. The van der Waals surface area contributed by atoms with Crippen LogP contribution in [0.4, 0.5) is 0 Å². The second kappa shape index (κ2) is 11.6. The van der Waals surface area contributed by atoms with E-state index in [1.807, 2.05) is 0 Å². The molecule has 0 rings (SSSR count). The van der Waals surface area contributed by atoms with Gasteiger partial charge in [-0.15, -0.1) is 0 Å². The third-order valence-electron chi connectivity index (χ3n) is 2.75. The minimum absolute atomic E-state index is 0.280. The third kappa shape index (κ3) is 11.4. The average molecular weight is 242 g/mol. The summed E-state index contributed by atoms with van der Waals surface area (Å²) in [5.74, 6) is -0.420. The number of aliphatic hydroxyl groups excluding tert-OH is 1. The van der Waals surface area contributed by atoms with Crippen LogP contribution in [0.25, 0.3) is 0 Å². The zero-order valence-corrected chi connectivity index (χ0v) is 11.0. The second-order valence-electron chi connectivity index (χ2n) is 4.37. The zero-order valence-electron chi connectivity index (χ0n) is 11.0. The van der Waals surface area contributed by atoms with Crippen molar-refractivity contribution in [3.8, 4) is 0 Å². The van der Waals surface area contributed by atoms with E-state index >= 15 is 0 Å². The molecular formula is C14H26O3. The summed E-state index contributed by atoms with van der Waals surface area (Å²) in [6.45, 7) is 5.79. The molecular weight excluding hydrogens is 216 g/mol. The number of hydrogen-bond donors (Lipinski definition) is 1. The highest BCUT2D eigenvalue weighted by Crippen LogP contribution is 2.10. The van der Waals surface area contributed by atoms with Crippen LogP contribution in [-0.4, -0.2) is 23.8 Å². The molecule has 0 heterocycles. The molecule has 1 unspecified atom stereocenters. The molecule has 0 aliphatic rings. The Balaban J connectivity index is 3.25. The molecule has 1 atom stereocenters. The van der Waals surface area contributed by atoms with Crippen molar-refractivity contribution in [3.63, 3.8) is 0 Å². The molecule has 0 aliphatic heterocycles. The molecule has 0 saturated carbocycles. The van der Waals surface area contributed by atoms with E-state index in [9.17, 15) is 9.90 Å². The van der Waals surface area contributed by atoms with Gasteiger partial charge in [-0.2, -0.15) is 0 Å². The van der Waals surface area contributed by atoms with Crippen molar-refractivity contribution in [2.75, 3.05) is 6.61 Å². The summed E-state index contributed by atoms with van der Waals surface area (Å²) < 4.78 is 4.80. The van der Waals surface area contributed by atoms with Gasteiger partial charge in [-0.25, -0.2) is 4.79 Å². The zero-order chi connectivity index (χ0) is 12.9. The first-order valence-electron chi connectivity index (χ1n) is 6.68. The molecule has 0 aliphatic carbocycles. The second-order valence-corrected chi connectivity index (χ2v) is 4.37. The third-order valence-corrected chi connectivity index (χ3v) is 2.75. The lowest BCUT2D eigenvalue weighted by Gasteiger charge is -2.10.